The number of nitrogens with one attached hydrogen (secondary N) is 2. The molecule has 2 fully saturated rings. The molecular weight excluding hydrogens is 172 g/mol. The van der Waals surface area contributed by atoms with Gasteiger partial charge in [0.1, 0.15) is 0 Å². The van der Waals surface area contributed by atoms with Crippen molar-refractivity contribution in [3.05, 3.63) is 0 Å². The molecule has 2 N–H and O–H groups in total. The Labute approximate surface area is 87.8 Å². The molecule has 1 aliphatic heterocycles. The van der Waals surface area contributed by atoms with Gasteiger partial charge in [-0.2, -0.15) is 0 Å². The lowest BCUT2D eigenvalue weighted by Crippen LogP contribution is -2.62. The third-order valence-electron chi connectivity index (χ3n) is 3.68. The van der Waals surface area contributed by atoms with Crippen molar-refractivity contribution in [2.75, 3.05) is 13.1 Å². The smallest absolute Gasteiger partial charge is 0.0309 e. The van der Waals surface area contributed by atoms with Gasteiger partial charge in [-0.1, -0.05) is 26.7 Å². The second-order valence-corrected chi connectivity index (χ2v) is 5.59. The molecule has 1 saturated heterocycles. The highest BCUT2D eigenvalue weighted by atomic mass is 15.1. The fraction of sp³-hybridized carbons (Fsp3) is 1.00. The van der Waals surface area contributed by atoms with Crippen molar-refractivity contribution in [2.45, 2.75) is 57.5 Å². The van der Waals surface area contributed by atoms with Gasteiger partial charge in [-0.25, -0.2) is 0 Å². The number of hydrogen-bond acceptors (Lipinski definition) is 2. The zero-order valence-electron chi connectivity index (χ0n) is 9.60. The Balaban J connectivity index is 1.90. The van der Waals surface area contributed by atoms with Crippen molar-refractivity contribution < 1.29 is 0 Å². The van der Waals surface area contributed by atoms with Crippen LogP contribution < -0.4 is 10.6 Å². The number of rotatable bonds is 2. The van der Waals surface area contributed by atoms with E-state index in [-0.39, 0.29) is 0 Å². The third-order valence-corrected chi connectivity index (χ3v) is 3.68. The molecule has 2 heteroatoms. The van der Waals surface area contributed by atoms with Crippen molar-refractivity contribution in [3.63, 3.8) is 0 Å². The van der Waals surface area contributed by atoms with Crippen molar-refractivity contribution in [3.8, 4) is 0 Å². The largest absolute Gasteiger partial charge is 0.313 e. The molecule has 1 spiro atoms. The summed E-state index contributed by atoms with van der Waals surface area (Å²) in [6, 6.07) is 0.710. The molecule has 82 valence electrons. The summed E-state index contributed by atoms with van der Waals surface area (Å²) in [5.74, 6) is 0.811. The molecule has 0 amide bonds. The lowest BCUT2D eigenvalue weighted by molar-refractivity contribution is 0.210. The van der Waals surface area contributed by atoms with Crippen LogP contribution in [-0.2, 0) is 0 Å². The van der Waals surface area contributed by atoms with E-state index in [9.17, 15) is 0 Å². The Kier molecular flexibility index (Phi) is 3.13. The van der Waals surface area contributed by atoms with E-state index in [0.717, 1.165) is 5.92 Å². The highest BCUT2D eigenvalue weighted by Crippen LogP contribution is 2.31. The molecule has 0 radical (unpaired) electrons. The number of hydrogen-bond donors (Lipinski definition) is 2. The predicted molar refractivity (Wildman–Crippen MR) is 60.4 cm³/mol. The molecule has 0 aromatic carbocycles. The van der Waals surface area contributed by atoms with Crippen LogP contribution in [0.5, 0.6) is 0 Å². The van der Waals surface area contributed by atoms with Gasteiger partial charge in [-0.05, 0) is 25.2 Å². The van der Waals surface area contributed by atoms with E-state index in [1.807, 2.05) is 0 Å². The first kappa shape index (κ1) is 10.4. The summed E-state index contributed by atoms with van der Waals surface area (Å²) in [5, 5.41) is 7.51. The maximum atomic E-state index is 3.90. The standard InChI is InChI=1S/C12H24N2/c1-10(2)7-11-8-13-9-12(14-11)5-3-4-6-12/h10-11,13-14H,3-9H2,1-2H3/t11-/m1/s1. The molecule has 0 aromatic heterocycles. The minimum Gasteiger partial charge on any atom is -0.313 e. The van der Waals surface area contributed by atoms with Crippen LogP contribution in [0.3, 0.4) is 0 Å². The fourth-order valence-electron chi connectivity index (χ4n) is 3.10. The van der Waals surface area contributed by atoms with Crippen molar-refractivity contribution in [1.29, 1.82) is 0 Å². The minimum absolute atomic E-state index is 0.470. The maximum absolute atomic E-state index is 3.90. The molecule has 2 rings (SSSR count). The second kappa shape index (κ2) is 4.19. The van der Waals surface area contributed by atoms with E-state index in [4.69, 9.17) is 0 Å². The van der Waals surface area contributed by atoms with Gasteiger partial charge in [0.2, 0.25) is 0 Å². The topological polar surface area (TPSA) is 24.1 Å². The SMILES string of the molecule is CC(C)C[C@@H]1CNCC2(CCCC2)N1. The quantitative estimate of drug-likeness (QED) is 0.705. The molecule has 1 saturated carbocycles. The monoisotopic (exact) mass is 196 g/mol. The zero-order chi connectivity index (χ0) is 10.0. The van der Waals surface area contributed by atoms with E-state index >= 15 is 0 Å². The molecule has 1 heterocycles. The molecule has 0 bridgehead atoms. The van der Waals surface area contributed by atoms with Gasteiger partial charge in [0.15, 0.2) is 0 Å². The van der Waals surface area contributed by atoms with Crippen LogP contribution in [0.4, 0.5) is 0 Å². The van der Waals surface area contributed by atoms with E-state index < -0.39 is 0 Å². The van der Waals surface area contributed by atoms with Crippen LogP contribution >= 0.6 is 0 Å². The lowest BCUT2D eigenvalue weighted by atomic mass is 9.91. The summed E-state index contributed by atoms with van der Waals surface area (Å²) >= 11 is 0. The third kappa shape index (κ3) is 2.29. The fourth-order valence-corrected chi connectivity index (χ4v) is 3.10. The summed E-state index contributed by atoms with van der Waals surface area (Å²) in [6.07, 6.45) is 6.92. The first-order valence-electron chi connectivity index (χ1n) is 6.19. The summed E-state index contributed by atoms with van der Waals surface area (Å²) in [7, 11) is 0. The van der Waals surface area contributed by atoms with Crippen molar-refractivity contribution in [1.82, 2.24) is 10.6 Å². The van der Waals surface area contributed by atoms with Crippen molar-refractivity contribution >= 4 is 0 Å². The van der Waals surface area contributed by atoms with Gasteiger partial charge in [-0.3, -0.25) is 0 Å². The van der Waals surface area contributed by atoms with Crippen LogP contribution in [0, 0.1) is 5.92 Å². The van der Waals surface area contributed by atoms with E-state index in [1.54, 1.807) is 0 Å². The first-order valence-corrected chi connectivity index (χ1v) is 6.19. The average molecular weight is 196 g/mol. The average Bonchev–Trinajstić information content (AvgIpc) is 2.52. The van der Waals surface area contributed by atoms with Gasteiger partial charge in [0, 0.05) is 24.7 Å². The van der Waals surface area contributed by atoms with Crippen LogP contribution in [0.25, 0.3) is 0 Å². The minimum atomic E-state index is 0.470. The van der Waals surface area contributed by atoms with Gasteiger partial charge < -0.3 is 10.6 Å². The molecule has 1 aliphatic carbocycles. The van der Waals surface area contributed by atoms with Gasteiger partial charge in [0.05, 0.1) is 0 Å². The molecule has 2 aliphatic rings. The van der Waals surface area contributed by atoms with E-state index in [1.165, 1.54) is 45.2 Å². The Morgan fingerprint density at radius 2 is 2.00 bits per heavy atom. The summed E-state index contributed by atoms with van der Waals surface area (Å²) in [4.78, 5) is 0. The highest BCUT2D eigenvalue weighted by molar-refractivity contribution is 5.00. The summed E-state index contributed by atoms with van der Waals surface area (Å²) in [6.45, 7) is 7.00. The molecule has 14 heavy (non-hydrogen) atoms. The Bertz CT molecular complexity index is 183. The van der Waals surface area contributed by atoms with Crippen LogP contribution in [0.2, 0.25) is 0 Å². The Morgan fingerprint density at radius 1 is 1.29 bits per heavy atom. The first-order chi connectivity index (χ1) is 6.70. The second-order valence-electron chi connectivity index (χ2n) is 5.59. The normalized spacial score (nSPS) is 31.5. The van der Waals surface area contributed by atoms with Crippen LogP contribution in [0.15, 0.2) is 0 Å². The molecular formula is C12H24N2. The summed E-state index contributed by atoms with van der Waals surface area (Å²) < 4.78 is 0. The van der Waals surface area contributed by atoms with Crippen LogP contribution in [-0.4, -0.2) is 24.7 Å². The Hall–Kier alpha value is -0.0800. The zero-order valence-corrected chi connectivity index (χ0v) is 9.60. The molecule has 1 atom stereocenters. The Morgan fingerprint density at radius 3 is 2.64 bits per heavy atom. The highest BCUT2D eigenvalue weighted by Gasteiger charge is 2.37. The van der Waals surface area contributed by atoms with Crippen LogP contribution in [0.1, 0.15) is 46.0 Å². The molecule has 2 nitrogen and oxygen atoms in total. The van der Waals surface area contributed by atoms with Gasteiger partial charge >= 0.3 is 0 Å². The van der Waals surface area contributed by atoms with Crippen molar-refractivity contribution in [2.24, 2.45) is 5.92 Å². The number of piperazine rings is 1. The molecule has 0 unspecified atom stereocenters. The summed E-state index contributed by atoms with van der Waals surface area (Å²) in [5.41, 5.74) is 0.470. The van der Waals surface area contributed by atoms with E-state index in [0.29, 0.717) is 11.6 Å². The van der Waals surface area contributed by atoms with Gasteiger partial charge in [-0.15, -0.1) is 0 Å². The molecule has 0 aromatic rings. The lowest BCUT2D eigenvalue weighted by Gasteiger charge is -2.41. The predicted octanol–water partition coefficient (Wildman–Crippen LogP) is 1.91. The van der Waals surface area contributed by atoms with E-state index in [2.05, 4.69) is 24.5 Å². The maximum Gasteiger partial charge on any atom is 0.0309 e. The van der Waals surface area contributed by atoms with Gasteiger partial charge in [0.25, 0.3) is 0 Å².